The van der Waals surface area contributed by atoms with Gasteiger partial charge >= 0.3 is 0 Å². The van der Waals surface area contributed by atoms with E-state index in [9.17, 15) is 4.39 Å². The maximum Gasteiger partial charge on any atom is 0.123 e. The number of terminal acetylenes is 1. The summed E-state index contributed by atoms with van der Waals surface area (Å²) in [7, 11) is 0. The normalized spacial score (nSPS) is 12.1. The van der Waals surface area contributed by atoms with E-state index in [1.54, 1.807) is 12.1 Å². The molecule has 0 radical (unpaired) electrons. The van der Waals surface area contributed by atoms with Crippen molar-refractivity contribution in [2.45, 2.75) is 19.4 Å². The summed E-state index contributed by atoms with van der Waals surface area (Å²) in [5.74, 6) is 2.36. The minimum Gasteiger partial charge on any atom is -0.309 e. The van der Waals surface area contributed by atoms with Crippen LogP contribution in [0, 0.1) is 18.2 Å². The van der Waals surface area contributed by atoms with Gasteiger partial charge < -0.3 is 5.32 Å². The second-order valence-electron chi connectivity index (χ2n) is 3.18. The lowest BCUT2D eigenvalue weighted by Crippen LogP contribution is -2.19. The third-order valence-electron chi connectivity index (χ3n) is 2.09. The van der Waals surface area contributed by atoms with Gasteiger partial charge in [-0.2, -0.15) is 0 Å². The first-order valence-electron chi connectivity index (χ1n) is 4.66. The summed E-state index contributed by atoms with van der Waals surface area (Å²) >= 11 is 0. The molecule has 0 aliphatic heterocycles. The van der Waals surface area contributed by atoms with Crippen molar-refractivity contribution in [2.75, 3.05) is 6.54 Å². The van der Waals surface area contributed by atoms with E-state index in [0.29, 0.717) is 6.42 Å². The van der Waals surface area contributed by atoms with Gasteiger partial charge in [0.05, 0.1) is 0 Å². The maximum absolute atomic E-state index is 12.6. The van der Waals surface area contributed by atoms with Crippen LogP contribution in [0.5, 0.6) is 0 Å². The lowest BCUT2D eigenvalue weighted by atomic mass is 10.1. The van der Waals surface area contributed by atoms with E-state index in [1.807, 2.05) is 6.92 Å². The van der Waals surface area contributed by atoms with Crippen molar-refractivity contribution in [3.05, 3.63) is 35.6 Å². The fourth-order valence-corrected chi connectivity index (χ4v) is 1.23. The number of halogens is 1. The molecule has 0 bridgehead atoms. The van der Waals surface area contributed by atoms with Crippen LogP contribution in [0.1, 0.15) is 24.9 Å². The lowest BCUT2D eigenvalue weighted by Gasteiger charge is -2.12. The Morgan fingerprint density at radius 2 is 2.07 bits per heavy atom. The van der Waals surface area contributed by atoms with Gasteiger partial charge in [-0.15, -0.1) is 12.3 Å². The minimum atomic E-state index is -0.204. The predicted octanol–water partition coefficient (Wildman–Crippen LogP) is 2.50. The van der Waals surface area contributed by atoms with Crippen LogP contribution in [0.4, 0.5) is 4.39 Å². The summed E-state index contributed by atoms with van der Waals surface area (Å²) in [6.07, 6.45) is 5.85. The topological polar surface area (TPSA) is 12.0 Å². The van der Waals surface area contributed by atoms with Gasteiger partial charge in [-0.1, -0.05) is 12.1 Å². The molecule has 0 aliphatic carbocycles. The average Bonchev–Trinajstić information content (AvgIpc) is 2.19. The molecular weight excluding hydrogens is 177 g/mol. The fourth-order valence-electron chi connectivity index (χ4n) is 1.23. The van der Waals surface area contributed by atoms with Crippen molar-refractivity contribution in [3.63, 3.8) is 0 Å². The van der Waals surface area contributed by atoms with Crippen molar-refractivity contribution >= 4 is 0 Å². The Morgan fingerprint density at radius 3 is 2.64 bits per heavy atom. The van der Waals surface area contributed by atoms with Gasteiger partial charge in [-0.05, 0) is 24.6 Å². The van der Waals surface area contributed by atoms with Gasteiger partial charge in [0.25, 0.3) is 0 Å². The Balaban J connectivity index is 2.48. The molecule has 0 aliphatic rings. The third-order valence-corrected chi connectivity index (χ3v) is 2.09. The van der Waals surface area contributed by atoms with Crippen molar-refractivity contribution in [3.8, 4) is 12.3 Å². The third kappa shape index (κ3) is 3.20. The first-order chi connectivity index (χ1) is 6.74. The van der Waals surface area contributed by atoms with Crippen molar-refractivity contribution in [2.24, 2.45) is 0 Å². The van der Waals surface area contributed by atoms with Crippen LogP contribution in [0.3, 0.4) is 0 Å². The van der Waals surface area contributed by atoms with Gasteiger partial charge in [0.15, 0.2) is 0 Å². The molecule has 0 aromatic heterocycles. The first-order valence-corrected chi connectivity index (χ1v) is 4.66. The summed E-state index contributed by atoms with van der Waals surface area (Å²) < 4.78 is 12.6. The molecule has 0 amide bonds. The monoisotopic (exact) mass is 191 g/mol. The van der Waals surface area contributed by atoms with E-state index in [0.717, 1.165) is 12.1 Å². The zero-order valence-electron chi connectivity index (χ0n) is 8.26. The summed E-state index contributed by atoms with van der Waals surface area (Å²) in [4.78, 5) is 0. The smallest absolute Gasteiger partial charge is 0.123 e. The number of hydrogen-bond acceptors (Lipinski definition) is 1. The zero-order chi connectivity index (χ0) is 10.4. The number of nitrogens with one attached hydrogen (secondary N) is 1. The van der Waals surface area contributed by atoms with Crippen LogP contribution < -0.4 is 5.32 Å². The van der Waals surface area contributed by atoms with E-state index < -0.39 is 0 Å². The van der Waals surface area contributed by atoms with Gasteiger partial charge in [0.1, 0.15) is 5.82 Å². The molecule has 0 heterocycles. The predicted molar refractivity (Wildman–Crippen MR) is 56.3 cm³/mol. The lowest BCUT2D eigenvalue weighted by molar-refractivity contribution is 0.580. The summed E-state index contributed by atoms with van der Waals surface area (Å²) in [6.45, 7) is 2.82. The highest BCUT2D eigenvalue weighted by atomic mass is 19.1. The highest BCUT2D eigenvalue weighted by molar-refractivity contribution is 5.19. The summed E-state index contributed by atoms with van der Waals surface area (Å²) in [6, 6.07) is 6.71. The quantitative estimate of drug-likeness (QED) is 0.569. The maximum atomic E-state index is 12.6. The molecule has 1 aromatic rings. The van der Waals surface area contributed by atoms with Gasteiger partial charge in [0, 0.05) is 19.0 Å². The molecule has 0 spiro atoms. The van der Waals surface area contributed by atoms with E-state index in [4.69, 9.17) is 6.42 Å². The van der Waals surface area contributed by atoms with Crippen LogP contribution in [0.2, 0.25) is 0 Å². The summed E-state index contributed by atoms with van der Waals surface area (Å²) in [5, 5.41) is 3.25. The Morgan fingerprint density at radius 1 is 1.43 bits per heavy atom. The van der Waals surface area contributed by atoms with Crippen LogP contribution in [-0.2, 0) is 0 Å². The molecule has 74 valence electrons. The molecule has 0 saturated heterocycles. The molecule has 2 heteroatoms. The SMILES string of the molecule is C#CCCN[C@@H](C)c1ccc(F)cc1. The second kappa shape index (κ2) is 5.41. The first kappa shape index (κ1) is 10.7. The van der Waals surface area contributed by atoms with Crippen LogP contribution in [-0.4, -0.2) is 6.54 Å². The van der Waals surface area contributed by atoms with Crippen LogP contribution in [0.25, 0.3) is 0 Å². The second-order valence-corrected chi connectivity index (χ2v) is 3.18. The molecule has 1 N–H and O–H groups in total. The highest BCUT2D eigenvalue weighted by Crippen LogP contribution is 2.12. The highest BCUT2D eigenvalue weighted by Gasteiger charge is 2.03. The Bertz CT molecular complexity index is 310. The van der Waals surface area contributed by atoms with Gasteiger partial charge in [-0.3, -0.25) is 0 Å². The summed E-state index contributed by atoms with van der Waals surface area (Å²) in [5.41, 5.74) is 1.07. The minimum absolute atomic E-state index is 0.204. The molecule has 1 atom stereocenters. The molecule has 1 aromatic carbocycles. The fraction of sp³-hybridized carbons (Fsp3) is 0.333. The number of hydrogen-bond donors (Lipinski definition) is 1. The molecule has 0 unspecified atom stereocenters. The Kier molecular flexibility index (Phi) is 4.15. The number of rotatable bonds is 4. The molecule has 0 saturated carbocycles. The standard InChI is InChI=1S/C12H14FN/c1-3-4-9-14-10(2)11-5-7-12(13)8-6-11/h1,5-8,10,14H,4,9H2,2H3/t10-/m0/s1. The molecule has 0 fully saturated rings. The molecule has 1 nitrogen and oxygen atoms in total. The molecule has 1 rings (SSSR count). The van der Waals surface area contributed by atoms with E-state index >= 15 is 0 Å². The van der Waals surface area contributed by atoms with Crippen molar-refractivity contribution in [1.82, 2.24) is 5.32 Å². The van der Waals surface area contributed by atoms with Gasteiger partial charge in [-0.25, -0.2) is 4.39 Å². The van der Waals surface area contributed by atoms with E-state index in [2.05, 4.69) is 11.2 Å². The van der Waals surface area contributed by atoms with Gasteiger partial charge in [0.2, 0.25) is 0 Å². The van der Waals surface area contributed by atoms with E-state index in [-0.39, 0.29) is 11.9 Å². The Hall–Kier alpha value is -1.33. The zero-order valence-corrected chi connectivity index (χ0v) is 8.26. The van der Waals surface area contributed by atoms with Crippen molar-refractivity contribution in [1.29, 1.82) is 0 Å². The molecular formula is C12H14FN. The van der Waals surface area contributed by atoms with Crippen molar-refractivity contribution < 1.29 is 4.39 Å². The van der Waals surface area contributed by atoms with Crippen LogP contribution in [0.15, 0.2) is 24.3 Å². The Labute approximate surface area is 84.3 Å². The van der Waals surface area contributed by atoms with Crippen LogP contribution >= 0.6 is 0 Å². The largest absolute Gasteiger partial charge is 0.309 e. The number of benzene rings is 1. The molecule has 14 heavy (non-hydrogen) atoms. The average molecular weight is 191 g/mol. The van der Waals surface area contributed by atoms with E-state index in [1.165, 1.54) is 12.1 Å².